The van der Waals surface area contributed by atoms with Crippen molar-refractivity contribution in [2.75, 3.05) is 0 Å². The second-order valence-electron chi connectivity index (χ2n) is 3.49. The Morgan fingerprint density at radius 2 is 2.50 bits per heavy atom. The topological polar surface area (TPSA) is 68.0 Å². The molecule has 0 amide bonds. The first-order valence-corrected chi connectivity index (χ1v) is 4.20. The average molecular weight is 195 g/mol. The summed E-state index contributed by atoms with van der Waals surface area (Å²) in [4.78, 5) is 10.9. The molecule has 0 saturated carbocycles. The third kappa shape index (κ3) is 1.99. The van der Waals surface area contributed by atoms with Gasteiger partial charge in [0.2, 0.25) is 0 Å². The lowest BCUT2D eigenvalue weighted by atomic mass is 9.86. The van der Waals surface area contributed by atoms with E-state index in [-0.39, 0.29) is 0 Å². The number of carbonyl (C=O) groups is 1. The smallest absolute Gasteiger partial charge is 0.313 e. The molecule has 14 heavy (non-hydrogen) atoms. The summed E-state index contributed by atoms with van der Waals surface area (Å²) in [7, 11) is 1.74. The van der Waals surface area contributed by atoms with E-state index in [4.69, 9.17) is 5.11 Å². The van der Waals surface area contributed by atoms with Crippen LogP contribution in [0.5, 0.6) is 0 Å². The molecule has 0 fully saturated rings. The highest BCUT2D eigenvalue weighted by molar-refractivity contribution is 5.76. The summed E-state index contributed by atoms with van der Waals surface area (Å²) in [6, 6.07) is 0. The standard InChI is InChI=1S/C9H13N3O2/c1-4-9(2,8(13)14)5-7-6-12(3)11-10-7/h4,6H,1,5H2,2-3H3,(H,13,14). The van der Waals surface area contributed by atoms with Gasteiger partial charge < -0.3 is 5.11 Å². The number of aryl methyl sites for hydroxylation is 1. The monoisotopic (exact) mass is 195 g/mol. The highest BCUT2D eigenvalue weighted by Gasteiger charge is 2.30. The van der Waals surface area contributed by atoms with Crippen LogP contribution in [-0.4, -0.2) is 26.1 Å². The van der Waals surface area contributed by atoms with Crippen LogP contribution in [0.4, 0.5) is 0 Å². The first-order valence-electron chi connectivity index (χ1n) is 4.20. The van der Waals surface area contributed by atoms with Crippen LogP contribution in [0.15, 0.2) is 18.9 Å². The van der Waals surface area contributed by atoms with Crippen molar-refractivity contribution in [2.24, 2.45) is 12.5 Å². The van der Waals surface area contributed by atoms with Crippen LogP contribution < -0.4 is 0 Å². The maximum absolute atomic E-state index is 10.9. The molecule has 1 aromatic rings. The van der Waals surface area contributed by atoms with Gasteiger partial charge in [0.25, 0.3) is 0 Å². The quantitative estimate of drug-likeness (QED) is 0.716. The zero-order chi connectivity index (χ0) is 10.8. The van der Waals surface area contributed by atoms with E-state index in [1.54, 1.807) is 24.9 Å². The summed E-state index contributed by atoms with van der Waals surface area (Å²) in [6.07, 6.45) is 3.42. The molecule has 0 bridgehead atoms. The molecule has 0 aliphatic carbocycles. The number of carboxylic acid groups (broad SMARTS) is 1. The van der Waals surface area contributed by atoms with Gasteiger partial charge in [-0.2, -0.15) is 0 Å². The van der Waals surface area contributed by atoms with Crippen LogP contribution >= 0.6 is 0 Å². The lowest BCUT2D eigenvalue weighted by Crippen LogP contribution is -2.27. The zero-order valence-electron chi connectivity index (χ0n) is 8.27. The summed E-state index contributed by atoms with van der Waals surface area (Å²) in [5.41, 5.74) is -0.326. The number of aliphatic carboxylic acids is 1. The number of aromatic nitrogens is 3. The molecule has 1 heterocycles. The molecule has 5 heteroatoms. The van der Waals surface area contributed by atoms with Crippen LogP contribution in [0.25, 0.3) is 0 Å². The van der Waals surface area contributed by atoms with Crippen LogP contribution in [0.2, 0.25) is 0 Å². The van der Waals surface area contributed by atoms with Crippen molar-refractivity contribution < 1.29 is 9.90 Å². The van der Waals surface area contributed by atoms with E-state index >= 15 is 0 Å². The maximum atomic E-state index is 10.9. The lowest BCUT2D eigenvalue weighted by Gasteiger charge is -2.18. The molecule has 1 unspecified atom stereocenters. The summed E-state index contributed by atoms with van der Waals surface area (Å²) >= 11 is 0. The van der Waals surface area contributed by atoms with Crippen molar-refractivity contribution in [3.05, 3.63) is 24.5 Å². The van der Waals surface area contributed by atoms with Gasteiger partial charge in [-0.05, 0) is 6.92 Å². The van der Waals surface area contributed by atoms with Gasteiger partial charge in [0, 0.05) is 19.7 Å². The van der Waals surface area contributed by atoms with Gasteiger partial charge in [-0.25, -0.2) is 0 Å². The number of carboxylic acids is 1. The van der Waals surface area contributed by atoms with Gasteiger partial charge in [-0.3, -0.25) is 9.48 Å². The van der Waals surface area contributed by atoms with Gasteiger partial charge in [-0.15, -0.1) is 11.7 Å². The fraction of sp³-hybridized carbons (Fsp3) is 0.444. The van der Waals surface area contributed by atoms with Gasteiger partial charge >= 0.3 is 5.97 Å². The molecule has 0 saturated heterocycles. The molecule has 0 aromatic carbocycles. The molecule has 5 nitrogen and oxygen atoms in total. The Labute approximate surface area is 82.0 Å². The van der Waals surface area contributed by atoms with Gasteiger partial charge in [0.1, 0.15) is 0 Å². The van der Waals surface area contributed by atoms with Crippen LogP contribution in [0.1, 0.15) is 12.6 Å². The molecule has 76 valence electrons. The van der Waals surface area contributed by atoms with E-state index in [2.05, 4.69) is 16.9 Å². The Balaban J connectivity index is 2.85. The first kappa shape index (κ1) is 10.4. The van der Waals surface area contributed by atoms with Crippen LogP contribution in [0.3, 0.4) is 0 Å². The largest absolute Gasteiger partial charge is 0.481 e. The maximum Gasteiger partial charge on any atom is 0.313 e. The molecule has 1 aromatic heterocycles. The van der Waals surface area contributed by atoms with Crippen molar-refractivity contribution in [1.82, 2.24) is 15.0 Å². The molecule has 0 radical (unpaired) electrons. The first-order chi connectivity index (χ1) is 6.48. The van der Waals surface area contributed by atoms with Gasteiger partial charge in [0.15, 0.2) is 0 Å². The fourth-order valence-electron chi connectivity index (χ4n) is 1.09. The second kappa shape index (κ2) is 3.61. The molecular weight excluding hydrogens is 182 g/mol. The van der Waals surface area contributed by atoms with E-state index < -0.39 is 11.4 Å². The molecular formula is C9H13N3O2. The Hall–Kier alpha value is -1.65. The molecule has 0 aliphatic heterocycles. The average Bonchev–Trinajstić information content (AvgIpc) is 2.50. The van der Waals surface area contributed by atoms with E-state index in [1.165, 1.54) is 6.08 Å². The van der Waals surface area contributed by atoms with Crippen molar-refractivity contribution in [1.29, 1.82) is 0 Å². The van der Waals surface area contributed by atoms with E-state index in [9.17, 15) is 4.79 Å². The summed E-state index contributed by atoms with van der Waals surface area (Å²) in [5.74, 6) is -0.904. The summed E-state index contributed by atoms with van der Waals surface area (Å²) in [5, 5.41) is 16.5. The molecule has 1 N–H and O–H groups in total. The number of hydrogen-bond acceptors (Lipinski definition) is 3. The van der Waals surface area contributed by atoms with Crippen LogP contribution in [-0.2, 0) is 18.3 Å². The van der Waals surface area contributed by atoms with Gasteiger partial charge in [0.05, 0.1) is 11.1 Å². The highest BCUT2D eigenvalue weighted by Crippen LogP contribution is 2.22. The van der Waals surface area contributed by atoms with E-state index in [0.29, 0.717) is 12.1 Å². The molecule has 0 spiro atoms. The van der Waals surface area contributed by atoms with Crippen molar-refractivity contribution in [3.8, 4) is 0 Å². The predicted molar refractivity (Wildman–Crippen MR) is 50.6 cm³/mol. The Morgan fingerprint density at radius 3 is 2.86 bits per heavy atom. The third-order valence-corrected chi connectivity index (χ3v) is 2.14. The lowest BCUT2D eigenvalue weighted by molar-refractivity contribution is -0.145. The van der Waals surface area contributed by atoms with E-state index in [0.717, 1.165) is 0 Å². The minimum atomic E-state index is -0.976. The predicted octanol–water partition coefficient (Wildman–Crippen LogP) is 0.635. The van der Waals surface area contributed by atoms with Crippen molar-refractivity contribution in [2.45, 2.75) is 13.3 Å². The van der Waals surface area contributed by atoms with E-state index in [1.807, 2.05) is 0 Å². The second-order valence-corrected chi connectivity index (χ2v) is 3.49. The molecule has 1 rings (SSSR count). The molecule has 0 aliphatic rings. The van der Waals surface area contributed by atoms with Crippen molar-refractivity contribution in [3.63, 3.8) is 0 Å². The summed E-state index contributed by atoms with van der Waals surface area (Å²) < 4.78 is 1.54. The fourth-order valence-corrected chi connectivity index (χ4v) is 1.09. The Morgan fingerprint density at radius 1 is 1.86 bits per heavy atom. The summed E-state index contributed by atoms with van der Waals surface area (Å²) in [6.45, 7) is 5.13. The normalized spacial score (nSPS) is 14.7. The number of nitrogens with zero attached hydrogens (tertiary/aromatic N) is 3. The zero-order valence-corrected chi connectivity index (χ0v) is 8.27. The number of rotatable bonds is 4. The van der Waals surface area contributed by atoms with Gasteiger partial charge in [-0.1, -0.05) is 11.3 Å². The number of hydrogen-bond donors (Lipinski definition) is 1. The minimum absolute atomic E-state index is 0.305. The SMILES string of the molecule is C=CC(C)(Cc1cn(C)nn1)C(=O)O. The highest BCUT2D eigenvalue weighted by atomic mass is 16.4. The van der Waals surface area contributed by atoms with Crippen molar-refractivity contribution >= 4 is 5.97 Å². The van der Waals surface area contributed by atoms with Crippen LogP contribution in [0, 0.1) is 5.41 Å². The molecule has 1 atom stereocenters. The Kier molecular flexibility index (Phi) is 2.69. The third-order valence-electron chi connectivity index (χ3n) is 2.14. The minimum Gasteiger partial charge on any atom is -0.481 e. The Bertz CT molecular complexity index is 359.